The Labute approximate surface area is 161 Å². The van der Waals surface area contributed by atoms with E-state index >= 15 is 0 Å². The Morgan fingerprint density at radius 2 is 1.81 bits per heavy atom. The lowest BCUT2D eigenvalue weighted by atomic mass is 10.2. The highest BCUT2D eigenvalue weighted by molar-refractivity contribution is 7.99. The van der Waals surface area contributed by atoms with Crippen molar-refractivity contribution < 1.29 is 18.4 Å². The zero-order valence-electron chi connectivity index (χ0n) is 13.7. The number of fused-ring (bicyclic) bond motifs is 1. The van der Waals surface area contributed by atoms with Gasteiger partial charge < -0.3 is 0 Å². The molecule has 1 aromatic heterocycles. The summed E-state index contributed by atoms with van der Waals surface area (Å²) in [5.41, 5.74) is 5.49. The van der Waals surface area contributed by atoms with Crippen LogP contribution >= 0.6 is 23.4 Å². The molecule has 2 amide bonds. The second-order valence-corrected chi connectivity index (χ2v) is 6.71. The maximum absolute atomic E-state index is 13.3. The van der Waals surface area contributed by atoms with Gasteiger partial charge in [0.2, 0.25) is 5.91 Å². The number of halogens is 3. The topological polar surface area (TPSA) is 76.0 Å². The van der Waals surface area contributed by atoms with Gasteiger partial charge in [-0.3, -0.25) is 25.0 Å². The van der Waals surface area contributed by atoms with Crippen molar-refractivity contribution in [2.75, 3.05) is 5.75 Å². The summed E-state index contributed by atoms with van der Waals surface area (Å²) in [7, 11) is 0. The SMILES string of the molecule is O=C(CSc1nc2ccccc2n1C(F)F)NNC(=O)c1ccc(Cl)cc1. The molecule has 1 heterocycles. The lowest BCUT2D eigenvalue weighted by molar-refractivity contribution is -0.119. The molecule has 0 aliphatic carbocycles. The Morgan fingerprint density at radius 1 is 1.11 bits per heavy atom. The first-order chi connectivity index (χ1) is 13.0. The molecule has 2 aromatic carbocycles. The highest BCUT2D eigenvalue weighted by Gasteiger charge is 2.19. The number of rotatable bonds is 5. The third-order valence-electron chi connectivity index (χ3n) is 3.51. The van der Waals surface area contributed by atoms with Crippen molar-refractivity contribution in [3.63, 3.8) is 0 Å². The summed E-state index contributed by atoms with van der Waals surface area (Å²) in [4.78, 5) is 27.9. The lowest BCUT2D eigenvalue weighted by Crippen LogP contribution is -2.42. The molecular weight excluding hydrogens is 398 g/mol. The van der Waals surface area contributed by atoms with Crippen molar-refractivity contribution in [1.82, 2.24) is 20.4 Å². The number of aromatic nitrogens is 2. The number of para-hydroxylation sites is 2. The van der Waals surface area contributed by atoms with Crippen LogP contribution in [0.15, 0.2) is 53.7 Å². The van der Waals surface area contributed by atoms with Crippen LogP contribution in [-0.4, -0.2) is 27.1 Å². The van der Waals surface area contributed by atoms with Crippen LogP contribution in [0.3, 0.4) is 0 Å². The number of hydrogen-bond donors (Lipinski definition) is 2. The van der Waals surface area contributed by atoms with Crippen LogP contribution in [0.25, 0.3) is 11.0 Å². The molecule has 27 heavy (non-hydrogen) atoms. The molecule has 0 bridgehead atoms. The number of hydrogen-bond acceptors (Lipinski definition) is 4. The molecule has 0 fully saturated rings. The van der Waals surface area contributed by atoms with Crippen molar-refractivity contribution in [1.29, 1.82) is 0 Å². The van der Waals surface area contributed by atoms with E-state index in [1.807, 2.05) is 0 Å². The molecule has 0 saturated heterocycles. The van der Waals surface area contributed by atoms with E-state index < -0.39 is 18.4 Å². The highest BCUT2D eigenvalue weighted by Crippen LogP contribution is 2.28. The third kappa shape index (κ3) is 4.55. The number of carbonyl (C=O) groups is 2. The summed E-state index contributed by atoms with van der Waals surface area (Å²) in [6.45, 7) is -2.78. The maximum Gasteiger partial charge on any atom is 0.321 e. The Hall–Kier alpha value is -2.65. The number of nitrogens with one attached hydrogen (secondary N) is 2. The van der Waals surface area contributed by atoms with Gasteiger partial charge in [-0.05, 0) is 36.4 Å². The monoisotopic (exact) mass is 410 g/mol. The fourth-order valence-electron chi connectivity index (χ4n) is 2.28. The van der Waals surface area contributed by atoms with Crippen LogP contribution in [0.5, 0.6) is 0 Å². The molecule has 140 valence electrons. The molecule has 0 spiro atoms. The minimum absolute atomic E-state index is 0.0189. The minimum Gasteiger partial charge on any atom is -0.272 e. The Balaban J connectivity index is 1.59. The molecule has 3 aromatic rings. The van der Waals surface area contributed by atoms with Gasteiger partial charge in [-0.15, -0.1) is 0 Å². The second kappa shape index (κ2) is 8.36. The molecule has 3 rings (SSSR count). The zero-order valence-corrected chi connectivity index (χ0v) is 15.2. The van der Waals surface area contributed by atoms with E-state index in [-0.39, 0.29) is 16.4 Å². The van der Waals surface area contributed by atoms with Crippen LogP contribution in [0.2, 0.25) is 5.02 Å². The first kappa shape index (κ1) is 19.1. The number of alkyl halides is 2. The van der Waals surface area contributed by atoms with Gasteiger partial charge in [0.15, 0.2) is 5.16 Å². The van der Waals surface area contributed by atoms with Crippen molar-refractivity contribution in [2.45, 2.75) is 11.7 Å². The average Bonchev–Trinajstić information content (AvgIpc) is 3.03. The number of carbonyl (C=O) groups excluding carboxylic acids is 2. The summed E-state index contributed by atoms with van der Waals surface area (Å²) in [6, 6.07) is 12.6. The predicted octanol–water partition coefficient (Wildman–Crippen LogP) is 3.64. The molecule has 6 nitrogen and oxygen atoms in total. The van der Waals surface area contributed by atoms with Crippen LogP contribution in [0.1, 0.15) is 16.9 Å². The summed E-state index contributed by atoms with van der Waals surface area (Å²) in [6.07, 6.45) is 0. The van der Waals surface area contributed by atoms with E-state index in [4.69, 9.17) is 11.6 Å². The third-order valence-corrected chi connectivity index (χ3v) is 4.72. The van der Waals surface area contributed by atoms with Gasteiger partial charge in [-0.25, -0.2) is 4.98 Å². The first-order valence-electron chi connectivity index (χ1n) is 7.68. The minimum atomic E-state index is -2.78. The number of imidazole rings is 1. The molecule has 10 heteroatoms. The van der Waals surface area contributed by atoms with E-state index in [1.54, 1.807) is 30.3 Å². The lowest BCUT2D eigenvalue weighted by Gasteiger charge is -2.09. The molecule has 0 aliphatic heterocycles. The quantitative estimate of drug-likeness (QED) is 0.497. The fraction of sp³-hybridized carbons (Fsp3) is 0.118. The summed E-state index contributed by atoms with van der Waals surface area (Å²) in [5.74, 6) is -1.28. The number of nitrogens with zero attached hydrogens (tertiary/aromatic N) is 2. The Morgan fingerprint density at radius 3 is 2.52 bits per heavy atom. The van der Waals surface area contributed by atoms with Crippen LogP contribution < -0.4 is 10.9 Å². The number of amides is 2. The van der Waals surface area contributed by atoms with Gasteiger partial charge in [-0.1, -0.05) is 35.5 Å². The van der Waals surface area contributed by atoms with Gasteiger partial charge in [0, 0.05) is 10.6 Å². The first-order valence-corrected chi connectivity index (χ1v) is 9.04. The van der Waals surface area contributed by atoms with Gasteiger partial charge in [0.05, 0.1) is 16.8 Å². The Bertz CT molecular complexity index is 979. The van der Waals surface area contributed by atoms with E-state index in [1.165, 1.54) is 18.2 Å². The molecule has 0 atom stereocenters. The van der Waals surface area contributed by atoms with Crippen molar-refractivity contribution in [3.8, 4) is 0 Å². The maximum atomic E-state index is 13.3. The molecule has 0 aliphatic rings. The molecule has 2 N–H and O–H groups in total. The van der Waals surface area contributed by atoms with E-state index in [9.17, 15) is 18.4 Å². The van der Waals surface area contributed by atoms with E-state index in [0.717, 1.165) is 16.3 Å². The largest absolute Gasteiger partial charge is 0.321 e. The predicted molar refractivity (Wildman–Crippen MR) is 98.8 cm³/mol. The van der Waals surface area contributed by atoms with E-state index in [2.05, 4.69) is 15.8 Å². The van der Waals surface area contributed by atoms with E-state index in [0.29, 0.717) is 16.1 Å². The summed E-state index contributed by atoms with van der Waals surface area (Å²) >= 11 is 6.59. The van der Waals surface area contributed by atoms with Crippen LogP contribution in [-0.2, 0) is 4.79 Å². The average molecular weight is 411 g/mol. The Kier molecular flexibility index (Phi) is 5.92. The highest BCUT2D eigenvalue weighted by atomic mass is 35.5. The smallest absolute Gasteiger partial charge is 0.272 e. The molecule has 0 unspecified atom stereocenters. The van der Waals surface area contributed by atoms with Crippen molar-refractivity contribution in [3.05, 3.63) is 59.1 Å². The standard InChI is InChI=1S/C17H13ClF2N4O2S/c18-11-7-5-10(6-8-11)15(26)23-22-14(25)9-27-17-21-12-3-1-2-4-13(12)24(17)16(19)20/h1-8,16H,9H2,(H,22,25)(H,23,26). The number of thioether (sulfide) groups is 1. The number of hydrazine groups is 1. The van der Waals surface area contributed by atoms with Gasteiger partial charge in [0.25, 0.3) is 5.91 Å². The van der Waals surface area contributed by atoms with Crippen LogP contribution in [0, 0.1) is 0 Å². The van der Waals surface area contributed by atoms with Gasteiger partial charge >= 0.3 is 6.55 Å². The molecular formula is C17H13ClF2N4O2S. The van der Waals surface area contributed by atoms with Crippen molar-refractivity contribution in [2.24, 2.45) is 0 Å². The van der Waals surface area contributed by atoms with Gasteiger partial charge in [-0.2, -0.15) is 8.78 Å². The molecule has 0 radical (unpaired) electrons. The second-order valence-electron chi connectivity index (χ2n) is 5.33. The summed E-state index contributed by atoms with van der Waals surface area (Å²) < 4.78 is 27.4. The summed E-state index contributed by atoms with van der Waals surface area (Å²) in [5, 5.41) is 0.499. The number of benzene rings is 2. The van der Waals surface area contributed by atoms with Gasteiger partial charge in [0.1, 0.15) is 0 Å². The zero-order chi connectivity index (χ0) is 19.4. The van der Waals surface area contributed by atoms with Crippen LogP contribution in [0.4, 0.5) is 8.78 Å². The normalized spacial score (nSPS) is 11.0. The molecule has 0 saturated carbocycles. The fourth-order valence-corrected chi connectivity index (χ4v) is 3.22. The van der Waals surface area contributed by atoms with Crippen molar-refractivity contribution >= 4 is 46.2 Å².